The summed E-state index contributed by atoms with van der Waals surface area (Å²) in [5.41, 5.74) is 19.4. The number of fused-ring (bicyclic) bond motifs is 3. The van der Waals surface area contributed by atoms with Crippen LogP contribution in [0.15, 0.2) is 267 Å². The fraction of sp³-hybridized carbons (Fsp3) is 0. The van der Waals surface area contributed by atoms with Crippen molar-refractivity contribution in [2.24, 2.45) is 0 Å². The molecule has 0 heterocycles. The van der Waals surface area contributed by atoms with Gasteiger partial charge in [0.2, 0.25) is 0 Å². The molecule has 0 heteroatoms. The van der Waals surface area contributed by atoms with E-state index in [2.05, 4.69) is 267 Å². The van der Waals surface area contributed by atoms with Gasteiger partial charge in [0.15, 0.2) is 0 Å². The van der Waals surface area contributed by atoms with Crippen LogP contribution in [0.25, 0.3) is 121 Å². The van der Waals surface area contributed by atoms with Crippen LogP contribution in [-0.2, 0) is 0 Å². The third-order valence-electron chi connectivity index (χ3n) is 13.2. The van der Waals surface area contributed by atoms with Crippen molar-refractivity contribution in [1.82, 2.24) is 0 Å². The lowest BCUT2D eigenvalue weighted by atomic mass is 9.85. The van der Waals surface area contributed by atoms with E-state index in [0.29, 0.717) is 0 Å². The van der Waals surface area contributed by atoms with Gasteiger partial charge in [0, 0.05) is 0 Å². The van der Waals surface area contributed by atoms with E-state index in [1.165, 1.54) is 121 Å². The van der Waals surface area contributed by atoms with Gasteiger partial charge >= 0.3 is 0 Å². The minimum Gasteiger partial charge on any atom is -0.0622 e. The zero-order valence-electron chi connectivity index (χ0n) is 36.4. The van der Waals surface area contributed by atoms with Crippen LogP contribution in [0, 0.1) is 0 Å². The number of hydrogen-bond donors (Lipinski definition) is 0. The van der Waals surface area contributed by atoms with E-state index >= 15 is 0 Å². The van der Waals surface area contributed by atoms with Crippen LogP contribution in [0.4, 0.5) is 0 Å². The van der Waals surface area contributed by atoms with Crippen LogP contribution in [0.2, 0.25) is 0 Å². The zero-order valence-corrected chi connectivity index (χ0v) is 36.4. The molecule has 0 atom stereocenters. The summed E-state index contributed by atoms with van der Waals surface area (Å²) in [5, 5.41) is 7.54. The smallest absolute Gasteiger partial charge is 0.00262 e. The summed E-state index contributed by atoms with van der Waals surface area (Å²) in [5.74, 6) is 0. The van der Waals surface area contributed by atoms with E-state index in [-0.39, 0.29) is 0 Å². The maximum Gasteiger partial charge on any atom is -0.00262 e. The number of hydrogen-bond acceptors (Lipinski definition) is 0. The first-order valence-electron chi connectivity index (χ1n) is 22.8. The van der Waals surface area contributed by atoms with E-state index < -0.39 is 0 Å². The second kappa shape index (κ2) is 16.8. The van der Waals surface area contributed by atoms with Gasteiger partial charge in [-0.2, -0.15) is 0 Å². The number of benzene rings is 12. The Bertz CT molecular complexity index is 3690. The summed E-state index contributed by atoms with van der Waals surface area (Å²) in [7, 11) is 0. The molecule has 12 aromatic carbocycles. The van der Waals surface area contributed by atoms with Gasteiger partial charge in [-0.25, -0.2) is 0 Å². The number of rotatable bonds is 8. The molecule has 0 unspecified atom stereocenters. The highest BCUT2D eigenvalue weighted by atomic mass is 14.2. The minimum atomic E-state index is 1.19. The standard InChI is InChI=1S/C66H44/c1-2-16-45(17-3-1)47-34-36-48(37-35-47)50-20-12-21-51(40-50)52-22-13-25-55(41-52)59-28-6-7-29-60(59)56-26-14-23-53(42-56)54-24-15-27-57(44-54)65-61-30-8-10-32-63(61)66(64-33-11-9-31-62(64)65)58-39-38-46-18-4-5-19-49(46)43-58/h1-44H. The summed E-state index contributed by atoms with van der Waals surface area (Å²) in [4.78, 5) is 0. The normalized spacial score (nSPS) is 11.3. The van der Waals surface area contributed by atoms with Gasteiger partial charge in [0.25, 0.3) is 0 Å². The van der Waals surface area contributed by atoms with Gasteiger partial charge in [0.1, 0.15) is 0 Å². The van der Waals surface area contributed by atoms with Crippen molar-refractivity contribution in [3.63, 3.8) is 0 Å². The maximum absolute atomic E-state index is 2.38. The molecular weight excluding hydrogens is 793 g/mol. The average molecular weight is 837 g/mol. The summed E-state index contributed by atoms with van der Waals surface area (Å²) in [6.45, 7) is 0. The lowest BCUT2D eigenvalue weighted by Crippen LogP contribution is -1.91. The quantitative estimate of drug-likeness (QED) is 0.134. The molecule has 12 aromatic rings. The molecular formula is C66H44. The van der Waals surface area contributed by atoms with Gasteiger partial charge < -0.3 is 0 Å². The van der Waals surface area contributed by atoms with Crippen LogP contribution in [0.1, 0.15) is 0 Å². The van der Waals surface area contributed by atoms with E-state index in [4.69, 9.17) is 0 Å². The lowest BCUT2D eigenvalue weighted by molar-refractivity contribution is 1.55. The molecule has 12 rings (SSSR count). The third-order valence-corrected chi connectivity index (χ3v) is 13.2. The summed E-state index contributed by atoms with van der Waals surface area (Å²) >= 11 is 0. The topological polar surface area (TPSA) is 0 Å². The van der Waals surface area contributed by atoms with Crippen molar-refractivity contribution in [3.8, 4) is 89.0 Å². The molecule has 0 radical (unpaired) electrons. The van der Waals surface area contributed by atoms with Crippen molar-refractivity contribution in [1.29, 1.82) is 0 Å². The van der Waals surface area contributed by atoms with Crippen molar-refractivity contribution in [3.05, 3.63) is 267 Å². The fourth-order valence-corrected chi connectivity index (χ4v) is 10.0. The molecule has 0 aliphatic carbocycles. The molecule has 0 aromatic heterocycles. The molecule has 0 aliphatic heterocycles. The van der Waals surface area contributed by atoms with E-state index in [9.17, 15) is 0 Å². The zero-order chi connectivity index (χ0) is 43.8. The van der Waals surface area contributed by atoms with Crippen molar-refractivity contribution >= 4 is 32.3 Å². The van der Waals surface area contributed by atoms with Crippen molar-refractivity contribution in [2.45, 2.75) is 0 Å². The molecule has 0 N–H and O–H groups in total. The molecule has 0 nitrogen and oxygen atoms in total. The highest BCUT2D eigenvalue weighted by Gasteiger charge is 2.18. The van der Waals surface area contributed by atoms with Gasteiger partial charge in [0.05, 0.1) is 0 Å². The second-order valence-electron chi connectivity index (χ2n) is 17.2. The van der Waals surface area contributed by atoms with Crippen LogP contribution in [-0.4, -0.2) is 0 Å². The van der Waals surface area contributed by atoms with Gasteiger partial charge in [-0.15, -0.1) is 0 Å². The first-order chi connectivity index (χ1) is 32.7. The first-order valence-corrected chi connectivity index (χ1v) is 22.8. The second-order valence-corrected chi connectivity index (χ2v) is 17.2. The molecule has 0 bridgehead atoms. The Hall–Kier alpha value is -8.58. The highest BCUT2D eigenvalue weighted by Crippen LogP contribution is 2.45. The molecule has 0 saturated heterocycles. The van der Waals surface area contributed by atoms with Gasteiger partial charge in [-0.05, 0) is 152 Å². The van der Waals surface area contributed by atoms with Crippen LogP contribution < -0.4 is 0 Å². The summed E-state index contributed by atoms with van der Waals surface area (Å²) in [6.07, 6.45) is 0. The van der Waals surface area contributed by atoms with Crippen LogP contribution >= 0.6 is 0 Å². The van der Waals surface area contributed by atoms with E-state index in [1.54, 1.807) is 0 Å². The Morgan fingerprint density at radius 1 is 0.152 bits per heavy atom. The molecule has 0 aliphatic rings. The minimum absolute atomic E-state index is 1.19. The van der Waals surface area contributed by atoms with Gasteiger partial charge in [-0.3, -0.25) is 0 Å². The fourth-order valence-electron chi connectivity index (χ4n) is 10.0. The first kappa shape index (κ1) is 39.0. The SMILES string of the molecule is c1ccc(-c2ccc(-c3cccc(-c4cccc(-c5ccccc5-c5cccc(-c6cccc(-c7c8ccccc8c(-c8ccc9ccccc9c8)c8ccccc78)c6)c5)c4)c3)cc2)cc1. The van der Waals surface area contributed by atoms with Crippen molar-refractivity contribution < 1.29 is 0 Å². The average Bonchev–Trinajstić information content (AvgIpc) is 3.40. The Kier molecular flexibility index (Phi) is 9.97. The van der Waals surface area contributed by atoms with Crippen molar-refractivity contribution in [2.75, 3.05) is 0 Å². The maximum atomic E-state index is 2.38. The van der Waals surface area contributed by atoms with E-state index in [0.717, 1.165) is 0 Å². The lowest BCUT2D eigenvalue weighted by Gasteiger charge is -2.18. The molecule has 308 valence electrons. The molecule has 0 spiro atoms. The Labute approximate surface area is 386 Å². The summed E-state index contributed by atoms with van der Waals surface area (Å²) in [6, 6.07) is 97.7. The largest absolute Gasteiger partial charge is 0.0622 e. The molecule has 0 fully saturated rings. The summed E-state index contributed by atoms with van der Waals surface area (Å²) < 4.78 is 0. The molecule has 66 heavy (non-hydrogen) atoms. The van der Waals surface area contributed by atoms with Gasteiger partial charge in [-0.1, -0.05) is 237 Å². The molecule has 0 amide bonds. The van der Waals surface area contributed by atoms with Crippen LogP contribution in [0.5, 0.6) is 0 Å². The predicted octanol–water partition coefficient (Wildman–Crippen LogP) is 18.5. The monoisotopic (exact) mass is 836 g/mol. The highest BCUT2D eigenvalue weighted by molar-refractivity contribution is 6.22. The predicted molar refractivity (Wildman–Crippen MR) is 282 cm³/mol. The Morgan fingerprint density at radius 2 is 0.455 bits per heavy atom. The Balaban J connectivity index is 0.891. The third kappa shape index (κ3) is 7.25. The molecule has 0 saturated carbocycles. The Morgan fingerprint density at radius 3 is 0.970 bits per heavy atom. The van der Waals surface area contributed by atoms with Crippen LogP contribution in [0.3, 0.4) is 0 Å². The van der Waals surface area contributed by atoms with E-state index in [1.807, 2.05) is 0 Å².